The number of benzene rings is 3. The van der Waals surface area contributed by atoms with Gasteiger partial charge in [-0.15, -0.1) is 0 Å². The summed E-state index contributed by atoms with van der Waals surface area (Å²) in [6.45, 7) is 4.91. The van der Waals surface area contributed by atoms with E-state index in [0.717, 1.165) is 5.56 Å². The molecule has 0 fully saturated rings. The molecule has 184 valence electrons. The summed E-state index contributed by atoms with van der Waals surface area (Å²) in [4.78, 5) is 12.5. The second-order valence-corrected chi connectivity index (χ2v) is 7.96. The van der Waals surface area contributed by atoms with Gasteiger partial charge in [-0.1, -0.05) is 41.4 Å². The molecule has 3 aromatic rings. The molecular weight excluding hydrogens is 491 g/mol. The first-order valence-corrected chi connectivity index (χ1v) is 11.7. The van der Waals surface area contributed by atoms with Crippen molar-refractivity contribution in [2.45, 2.75) is 20.5 Å². The number of rotatable bonds is 11. The van der Waals surface area contributed by atoms with Gasteiger partial charge < -0.3 is 18.9 Å². The van der Waals surface area contributed by atoms with E-state index in [1.165, 1.54) is 13.3 Å². The molecule has 3 aromatic carbocycles. The fraction of sp³-hybridized carbons (Fsp3) is 0.231. The molecule has 9 heteroatoms. The van der Waals surface area contributed by atoms with E-state index in [2.05, 4.69) is 10.5 Å². The first kappa shape index (κ1) is 26.2. The van der Waals surface area contributed by atoms with Crippen LogP contribution in [0.2, 0.25) is 10.0 Å². The third kappa shape index (κ3) is 7.04. The van der Waals surface area contributed by atoms with E-state index in [1.54, 1.807) is 36.4 Å². The number of carbonyl (C=O) groups excluding carboxylic acids is 1. The van der Waals surface area contributed by atoms with E-state index >= 15 is 0 Å². The minimum Gasteiger partial charge on any atom is -0.493 e. The summed E-state index contributed by atoms with van der Waals surface area (Å²) >= 11 is 12.6. The maximum absolute atomic E-state index is 12.5. The number of methoxy groups -OCH3 is 1. The highest BCUT2D eigenvalue weighted by Gasteiger charge is 2.14. The van der Waals surface area contributed by atoms with Gasteiger partial charge in [-0.3, -0.25) is 4.79 Å². The van der Waals surface area contributed by atoms with Crippen molar-refractivity contribution in [3.05, 3.63) is 81.3 Å². The Labute approximate surface area is 214 Å². The molecule has 0 unspecified atom stereocenters. The lowest BCUT2D eigenvalue weighted by atomic mass is 10.2. The smallest absolute Gasteiger partial charge is 0.271 e. The Hall–Kier alpha value is -3.42. The number of ether oxygens (including phenoxy) is 4. The highest BCUT2D eigenvalue weighted by atomic mass is 35.5. The molecule has 1 amide bonds. The molecule has 0 saturated carbocycles. The van der Waals surface area contributed by atoms with E-state index in [4.69, 9.17) is 42.1 Å². The molecule has 0 aromatic heterocycles. The Morgan fingerprint density at radius 3 is 2.37 bits per heavy atom. The standard InChI is InChI=1S/C26H26Cl2N2O5/c1-4-33-22-11-10-18(14-23(22)34-5-2)26(31)30-29-15-17-12-21(28)25(24(13-17)32-3)35-16-19-8-6-7-9-20(19)27/h6-15H,4-5,16H2,1-3H3,(H,30,31)/b29-15+. The average molecular weight is 517 g/mol. The van der Waals surface area contributed by atoms with Crippen LogP contribution in [0.3, 0.4) is 0 Å². The Kier molecular flexibility index (Phi) is 9.64. The van der Waals surface area contributed by atoms with Crippen molar-refractivity contribution in [3.63, 3.8) is 0 Å². The summed E-state index contributed by atoms with van der Waals surface area (Å²) < 4.78 is 22.4. The van der Waals surface area contributed by atoms with Crippen LogP contribution in [-0.4, -0.2) is 32.4 Å². The third-order valence-corrected chi connectivity index (χ3v) is 5.42. The van der Waals surface area contributed by atoms with Crippen LogP contribution in [0.4, 0.5) is 0 Å². The predicted molar refractivity (Wildman–Crippen MR) is 138 cm³/mol. The van der Waals surface area contributed by atoms with Gasteiger partial charge in [0.05, 0.1) is 31.6 Å². The van der Waals surface area contributed by atoms with Crippen molar-refractivity contribution in [2.75, 3.05) is 20.3 Å². The van der Waals surface area contributed by atoms with Crippen LogP contribution in [0.25, 0.3) is 0 Å². The predicted octanol–water partition coefficient (Wildman–Crippen LogP) is 6.14. The summed E-state index contributed by atoms with van der Waals surface area (Å²) in [5.41, 5.74) is 4.31. The SMILES string of the molecule is CCOc1ccc(C(=O)N/N=C/c2cc(Cl)c(OCc3ccccc3Cl)c(OC)c2)cc1OCC. The number of hydrogen-bond acceptors (Lipinski definition) is 6. The Morgan fingerprint density at radius 1 is 0.914 bits per heavy atom. The molecule has 0 bridgehead atoms. The zero-order valence-electron chi connectivity index (χ0n) is 19.6. The molecule has 0 heterocycles. The van der Waals surface area contributed by atoms with Gasteiger partial charge in [-0.05, 0) is 55.8 Å². The maximum atomic E-state index is 12.5. The highest BCUT2D eigenvalue weighted by Crippen LogP contribution is 2.37. The van der Waals surface area contributed by atoms with Crippen LogP contribution in [0.1, 0.15) is 35.3 Å². The van der Waals surface area contributed by atoms with Gasteiger partial charge in [-0.25, -0.2) is 5.43 Å². The lowest BCUT2D eigenvalue weighted by Gasteiger charge is -2.14. The van der Waals surface area contributed by atoms with Crippen LogP contribution < -0.4 is 24.4 Å². The summed E-state index contributed by atoms with van der Waals surface area (Å²) in [7, 11) is 1.51. The molecule has 0 spiro atoms. The second-order valence-electron chi connectivity index (χ2n) is 7.14. The van der Waals surface area contributed by atoms with E-state index in [-0.39, 0.29) is 6.61 Å². The molecule has 1 N–H and O–H groups in total. The van der Waals surface area contributed by atoms with Gasteiger partial charge in [-0.2, -0.15) is 5.10 Å². The van der Waals surface area contributed by atoms with Crippen molar-refractivity contribution in [2.24, 2.45) is 5.10 Å². The normalized spacial score (nSPS) is 10.8. The average Bonchev–Trinajstić information content (AvgIpc) is 2.85. The maximum Gasteiger partial charge on any atom is 0.271 e. The minimum absolute atomic E-state index is 0.227. The second kappa shape index (κ2) is 12.9. The van der Waals surface area contributed by atoms with Crippen LogP contribution in [0.15, 0.2) is 59.7 Å². The summed E-state index contributed by atoms with van der Waals surface area (Å²) in [6, 6.07) is 15.7. The highest BCUT2D eigenvalue weighted by molar-refractivity contribution is 6.32. The number of nitrogens with one attached hydrogen (secondary N) is 1. The number of halogens is 2. The third-order valence-electron chi connectivity index (χ3n) is 4.77. The molecule has 7 nitrogen and oxygen atoms in total. The molecule has 0 aliphatic heterocycles. The number of hydrogen-bond donors (Lipinski definition) is 1. The summed E-state index contributed by atoms with van der Waals surface area (Å²) in [5.74, 6) is 1.48. The van der Waals surface area contributed by atoms with E-state index in [1.807, 2.05) is 32.0 Å². The monoisotopic (exact) mass is 516 g/mol. The van der Waals surface area contributed by atoms with Crippen molar-refractivity contribution in [1.29, 1.82) is 0 Å². The van der Waals surface area contributed by atoms with E-state index in [0.29, 0.717) is 57.4 Å². The molecule has 3 rings (SSSR count). The van der Waals surface area contributed by atoms with Gasteiger partial charge in [0.25, 0.3) is 5.91 Å². The minimum atomic E-state index is -0.400. The zero-order chi connectivity index (χ0) is 25.2. The fourth-order valence-electron chi connectivity index (χ4n) is 3.14. The molecule has 0 saturated heterocycles. The number of hydrazone groups is 1. The fourth-order valence-corrected chi connectivity index (χ4v) is 3.61. The van der Waals surface area contributed by atoms with Crippen molar-refractivity contribution in [3.8, 4) is 23.0 Å². The molecule has 0 aliphatic carbocycles. The van der Waals surface area contributed by atoms with Crippen molar-refractivity contribution in [1.82, 2.24) is 5.43 Å². The molecule has 0 aliphatic rings. The van der Waals surface area contributed by atoms with Crippen LogP contribution in [0.5, 0.6) is 23.0 Å². The lowest BCUT2D eigenvalue weighted by molar-refractivity contribution is 0.0954. The van der Waals surface area contributed by atoms with Crippen LogP contribution in [-0.2, 0) is 6.61 Å². The van der Waals surface area contributed by atoms with Crippen LogP contribution in [0, 0.1) is 0 Å². The van der Waals surface area contributed by atoms with Gasteiger partial charge in [0.2, 0.25) is 0 Å². The summed E-state index contributed by atoms with van der Waals surface area (Å²) in [5, 5.41) is 4.97. The van der Waals surface area contributed by atoms with E-state index in [9.17, 15) is 4.79 Å². The number of amides is 1. The first-order valence-electron chi connectivity index (χ1n) is 10.9. The first-order chi connectivity index (χ1) is 17.0. The molecule has 0 radical (unpaired) electrons. The Bertz CT molecular complexity index is 1200. The molecule has 35 heavy (non-hydrogen) atoms. The number of nitrogens with zero attached hydrogens (tertiary/aromatic N) is 1. The quantitative estimate of drug-likeness (QED) is 0.244. The van der Waals surface area contributed by atoms with Gasteiger partial charge in [0, 0.05) is 16.1 Å². The molecule has 0 atom stereocenters. The zero-order valence-corrected chi connectivity index (χ0v) is 21.2. The Balaban J connectivity index is 1.70. The van der Waals surface area contributed by atoms with Gasteiger partial charge in [0.1, 0.15) is 6.61 Å². The van der Waals surface area contributed by atoms with Gasteiger partial charge >= 0.3 is 0 Å². The van der Waals surface area contributed by atoms with Crippen molar-refractivity contribution < 1.29 is 23.7 Å². The van der Waals surface area contributed by atoms with Gasteiger partial charge in [0.15, 0.2) is 23.0 Å². The lowest BCUT2D eigenvalue weighted by Crippen LogP contribution is -2.17. The number of carbonyl (C=O) groups is 1. The van der Waals surface area contributed by atoms with E-state index < -0.39 is 5.91 Å². The van der Waals surface area contributed by atoms with Crippen molar-refractivity contribution >= 4 is 35.3 Å². The largest absolute Gasteiger partial charge is 0.493 e. The molecular formula is C26H26Cl2N2O5. The van der Waals surface area contributed by atoms with Crippen LogP contribution >= 0.6 is 23.2 Å². The Morgan fingerprint density at radius 2 is 1.66 bits per heavy atom. The topological polar surface area (TPSA) is 78.4 Å². The summed E-state index contributed by atoms with van der Waals surface area (Å²) in [6.07, 6.45) is 1.46.